The van der Waals surface area contributed by atoms with Crippen molar-refractivity contribution in [2.45, 2.75) is 22.4 Å². The van der Waals surface area contributed by atoms with Gasteiger partial charge in [-0.15, -0.1) is 0 Å². The molecule has 50 heavy (non-hydrogen) atoms. The van der Waals surface area contributed by atoms with Crippen LogP contribution in [-0.2, 0) is 40.0 Å². The van der Waals surface area contributed by atoms with Gasteiger partial charge in [0.1, 0.15) is 0 Å². The van der Waals surface area contributed by atoms with Gasteiger partial charge in [0.05, 0.1) is 0 Å². The van der Waals surface area contributed by atoms with Gasteiger partial charge in [-0.25, -0.2) is 0 Å². The fraction of sp³-hybridized carbons (Fsp3) is 0.0976. The number of hydrogen-bond donors (Lipinski definition) is 0. The van der Waals surface area contributed by atoms with E-state index in [2.05, 4.69) is 48.6 Å². The Bertz CT molecular complexity index is 2300. The van der Waals surface area contributed by atoms with E-state index in [1.165, 1.54) is 17.7 Å². The molecule has 0 N–H and O–H groups in total. The summed E-state index contributed by atoms with van der Waals surface area (Å²) in [6.07, 6.45) is -0.550. The van der Waals surface area contributed by atoms with Crippen molar-refractivity contribution in [1.82, 2.24) is 0 Å². The molecule has 0 aromatic heterocycles. The van der Waals surface area contributed by atoms with Crippen LogP contribution in [0.3, 0.4) is 0 Å². The predicted octanol–water partition coefficient (Wildman–Crippen LogP) is 5.04. The molecule has 8 rings (SSSR count). The Morgan fingerprint density at radius 2 is 1.12 bits per heavy atom. The van der Waals surface area contributed by atoms with Gasteiger partial charge in [-0.1, -0.05) is 0 Å². The molecule has 0 amide bonds. The fourth-order valence-corrected chi connectivity index (χ4v) is 15.6. The second-order valence-electron chi connectivity index (χ2n) is 12.2. The SMILES string of the molecule is FC(F)(F)c1cccc([C](c2cccc(C(F)(F)F)c2)=[Zr+2]([c]2cccc3c2c2c(c4ccccc43)-c3ccccc3C2)[CH]2C=CC=C2)c1.[Cl-].[Cl-]. The average molecular weight is 795 g/mol. The van der Waals surface area contributed by atoms with Gasteiger partial charge in [-0.2, -0.15) is 0 Å². The van der Waals surface area contributed by atoms with Gasteiger partial charge in [0.15, 0.2) is 0 Å². The Balaban J connectivity index is 0.00000216. The minimum atomic E-state index is -4.61. The topological polar surface area (TPSA) is 0 Å². The third-order valence-electron chi connectivity index (χ3n) is 9.41. The molecule has 0 unspecified atom stereocenters. The van der Waals surface area contributed by atoms with Crippen molar-refractivity contribution in [2.75, 3.05) is 0 Å². The van der Waals surface area contributed by atoms with Crippen molar-refractivity contribution in [1.29, 1.82) is 0 Å². The molecular formula is C41H26Cl2F6Zr. The van der Waals surface area contributed by atoms with Crippen molar-refractivity contribution in [3.8, 4) is 11.1 Å². The number of hydrogen-bond acceptors (Lipinski definition) is 0. The van der Waals surface area contributed by atoms with Gasteiger partial charge >= 0.3 is 282 Å². The van der Waals surface area contributed by atoms with Crippen LogP contribution in [0.25, 0.3) is 32.7 Å². The average Bonchev–Trinajstić information content (AvgIpc) is 3.75. The third kappa shape index (κ3) is 6.23. The van der Waals surface area contributed by atoms with E-state index in [9.17, 15) is 26.3 Å². The number of fused-ring (bicyclic) bond motifs is 8. The van der Waals surface area contributed by atoms with Gasteiger partial charge < -0.3 is 24.8 Å². The standard InChI is InChI=1S/C21H13.C15H8F6.C5H5.2ClH.Zr/c1-2-8-15-14(7-1)13-20-18-11-4-3-9-16(18)17-10-5-6-12-19(17)21(15)20;16-14(17,18)12-5-1-3-10(8-12)7-11-4-2-6-13(9-11)15(19,20)21;1-2-4-5-3-1;;;/h1-10,12H,13H2;1-6,8-9H;1-5H;2*1H;/q;;;;;+2/p-2. The first-order chi connectivity index (χ1) is 23.1. The van der Waals surface area contributed by atoms with Gasteiger partial charge in [0, 0.05) is 0 Å². The Kier molecular flexibility index (Phi) is 9.91. The maximum atomic E-state index is 14.2. The van der Waals surface area contributed by atoms with Crippen molar-refractivity contribution >= 4 is 28.0 Å². The summed E-state index contributed by atoms with van der Waals surface area (Å²) in [5.41, 5.74) is 3.64. The normalized spacial score (nSPS) is 13.4. The minimum Gasteiger partial charge on any atom is -1.00 e. The largest absolute Gasteiger partial charge is 1.00 e. The monoisotopic (exact) mass is 792 g/mol. The molecule has 9 heteroatoms. The quantitative estimate of drug-likeness (QED) is 0.173. The summed E-state index contributed by atoms with van der Waals surface area (Å²) in [7, 11) is 0. The molecule has 0 saturated heterocycles. The predicted molar refractivity (Wildman–Crippen MR) is 177 cm³/mol. The number of benzene rings is 6. The van der Waals surface area contributed by atoms with Gasteiger partial charge in [0.25, 0.3) is 0 Å². The van der Waals surface area contributed by atoms with E-state index in [1.54, 1.807) is 12.1 Å². The zero-order valence-corrected chi connectivity index (χ0v) is 30.1. The molecule has 2 aliphatic carbocycles. The molecule has 250 valence electrons. The molecule has 0 bridgehead atoms. The zero-order chi connectivity index (χ0) is 33.2. The third-order valence-corrected chi connectivity index (χ3v) is 17.2. The van der Waals surface area contributed by atoms with E-state index < -0.39 is 44.7 Å². The Morgan fingerprint density at radius 1 is 0.580 bits per heavy atom. The van der Waals surface area contributed by atoms with Crippen molar-refractivity contribution in [2.24, 2.45) is 0 Å². The Hall–Kier alpha value is -3.77. The van der Waals surface area contributed by atoms with E-state index >= 15 is 0 Å². The van der Waals surface area contributed by atoms with E-state index in [1.807, 2.05) is 42.5 Å². The maximum absolute atomic E-state index is 14.2. The molecule has 0 aliphatic heterocycles. The molecule has 0 fully saturated rings. The smallest absolute Gasteiger partial charge is 1.00 e. The van der Waals surface area contributed by atoms with Gasteiger partial charge in [-0.3, -0.25) is 0 Å². The van der Waals surface area contributed by atoms with Crippen molar-refractivity contribution in [3.63, 3.8) is 0 Å². The molecule has 0 radical (unpaired) electrons. The van der Waals surface area contributed by atoms with E-state index in [0.29, 0.717) is 20.8 Å². The van der Waals surface area contributed by atoms with Crippen LogP contribution in [0.5, 0.6) is 0 Å². The zero-order valence-electron chi connectivity index (χ0n) is 26.1. The molecule has 2 aliphatic rings. The number of rotatable bonds is 4. The number of halogens is 8. The summed E-state index contributed by atoms with van der Waals surface area (Å²) in [6, 6.07) is 33.0. The Labute approximate surface area is 305 Å². The maximum Gasteiger partial charge on any atom is -1.00 e. The summed E-state index contributed by atoms with van der Waals surface area (Å²) in [6.45, 7) is 0. The van der Waals surface area contributed by atoms with Crippen LogP contribution < -0.4 is 28.1 Å². The summed E-state index contributed by atoms with van der Waals surface area (Å²) in [5.74, 6) is 0. The molecular weight excluding hydrogens is 769 g/mol. The molecule has 6 aromatic rings. The molecule has 0 spiro atoms. The van der Waals surface area contributed by atoms with Gasteiger partial charge in [-0.05, 0) is 0 Å². The molecule has 6 aromatic carbocycles. The van der Waals surface area contributed by atoms with Crippen LogP contribution in [-0.4, -0.2) is 3.21 Å². The summed E-state index contributed by atoms with van der Waals surface area (Å²) < 4.78 is 86.4. The second-order valence-corrected chi connectivity index (χ2v) is 18.4. The number of allylic oxidation sites excluding steroid dienone is 4. The van der Waals surface area contributed by atoms with Crippen molar-refractivity contribution in [3.05, 3.63) is 173 Å². The van der Waals surface area contributed by atoms with Crippen LogP contribution in [0.4, 0.5) is 26.3 Å². The van der Waals surface area contributed by atoms with E-state index in [4.69, 9.17) is 0 Å². The molecule has 0 saturated carbocycles. The van der Waals surface area contributed by atoms with Crippen LogP contribution in [0.15, 0.2) is 140 Å². The second kappa shape index (κ2) is 13.7. The van der Waals surface area contributed by atoms with Crippen LogP contribution in [0.1, 0.15) is 33.4 Å². The fourth-order valence-electron chi connectivity index (χ4n) is 7.43. The molecule has 0 atom stereocenters. The molecule has 0 heterocycles. The summed E-state index contributed by atoms with van der Waals surface area (Å²) in [5, 5.41) is 4.32. The van der Waals surface area contributed by atoms with Crippen LogP contribution >= 0.6 is 0 Å². The Morgan fingerprint density at radius 3 is 1.74 bits per heavy atom. The van der Waals surface area contributed by atoms with E-state index in [-0.39, 0.29) is 28.4 Å². The summed E-state index contributed by atoms with van der Waals surface area (Å²) >= 11 is -3.59. The first-order valence-corrected chi connectivity index (χ1v) is 19.5. The van der Waals surface area contributed by atoms with Crippen LogP contribution in [0, 0.1) is 0 Å². The van der Waals surface area contributed by atoms with Crippen LogP contribution in [0.2, 0.25) is 3.63 Å². The minimum absolute atomic E-state index is 0. The van der Waals surface area contributed by atoms with E-state index in [0.717, 1.165) is 65.8 Å². The van der Waals surface area contributed by atoms with Crippen molar-refractivity contribution < 1.29 is 72.4 Å². The first-order valence-electron chi connectivity index (χ1n) is 15.6. The first kappa shape index (κ1) is 36.0. The summed E-state index contributed by atoms with van der Waals surface area (Å²) in [4.78, 5) is 0. The number of alkyl halides is 6. The molecule has 0 nitrogen and oxygen atoms in total. The van der Waals surface area contributed by atoms with Gasteiger partial charge in [0.2, 0.25) is 0 Å².